The molecule has 150 valence electrons. The van der Waals surface area contributed by atoms with Crippen LogP contribution in [0.15, 0.2) is 36.4 Å². The third-order valence-corrected chi connectivity index (χ3v) is 5.78. The van der Waals surface area contributed by atoms with Gasteiger partial charge in [0, 0.05) is 16.8 Å². The van der Waals surface area contributed by atoms with E-state index < -0.39 is 22.0 Å². The van der Waals surface area contributed by atoms with Gasteiger partial charge in [-0.1, -0.05) is 24.6 Å². The summed E-state index contributed by atoms with van der Waals surface area (Å²) in [5.74, 6) is 0.667. The maximum absolute atomic E-state index is 13.0. The lowest BCUT2D eigenvalue weighted by Gasteiger charge is -2.31. The third-order valence-electron chi connectivity index (χ3n) is 4.38. The largest absolute Gasteiger partial charge is 0.454 e. The quantitative estimate of drug-likeness (QED) is 0.766. The van der Waals surface area contributed by atoms with Crippen molar-refractivity contribution in [1.82, 2.24) is 0 Å². The fourth-order valence-electron chi connectivity index (χ4n) is 3.06. The van der Waals surface area contributed by atoms with E-state index in [0.717, 1.165) is 10.6 Å². The molecule has 1 aliphatic rings. The van der Waals surface area contributed by atoms with Crippen LogP contribution in [-0.2, 0) is 14.8 Å². The molecule has 0 bridgehead atoms. The molecule has 0 radical (unpaired) electrons. The molecule has 0 spiro atoms. The van der Waals surface area contributed by atoms with Gasteiger partial charge in [0.1, 0.15) is 6.04 Å². The number of aryl methyl sites for hydroxylation is 1. The zero-order chi connectivity index (χ0) is 20.5. The molecule has 0 saturated carbocycles. The number of ether oxygens (including phenoxy) is 2. The molecular weight excluding hydrogens is 404 g/mol. The number of sulfonamides is 1. The molecule has 1 amide bonds. The molecular formula is C19H21ClN2O5S. The van der Waals surface area contributed by atoms with Gasteiger partial charge < -0.3 is 14.8 Å². The predicted molar refractivity (Wildman–Crippen MR) is 109 cm³/mol. The number of amides is 1. The number of carbonyl (C=O) groups is 1. The lowest BCUT2D eigenvalue weighted by Crippen LogP contribution is -2.47. The van der Waals surface area contributed by atoms with E-state index in [1.165, 1.54) is 0 Å². The number of carbonyl (C=O) groups excluding carboxylic acids is 1. The van der Waals surface area contributed by atoms with Crippen molar-refractivity contribution >= 4 is 38.9 Å². The molecule has 1 heterocycles. The number of halogens is 1. The average molecular weight is 425 g/mol. The minimum Gasteiger partial charge on any atom is -0.454 e. The first-order valence-electron chi connectivity index (χ1n) is 8.66. The monoisotopic (exact) mass is 424 g/mol. The van der Waals surface area contributed by atoms with E-state index in [-0.39, 0.29) is 13.2 Å². The molecule has 9 heteroatoms. The van der Waals surface area contributed by atoms with Crippen molar-refractivity contribution in [3.63, 3.8) is 0 Å². The molecule has 1 N–H and O–H groups in total. The molecule has 2 aromatic rings. The summed E-state index contributed by atoms with van der Waals surface area (Å²) in [5, 5.41) is 3.15. The Kier molecular flexibility index (Phi) is 5.71. The van der Waals surface area contributed by atoms with E-state index in [9.17, 15) is 13.2 Å². The molecule has 0 unspecified atom stereocenters. The minimum atomic E-state index is -3.75. The second-order valence-electron chi connectivity index (χ2n) is 6.47. The maximum atomic E-state index is 13.0. The van der Waals surface area contributed by atoms with Crippen molar-refractivity contribution in [1.29, 1.82) is 0 Å². The number of rotatable bonds is 6. The molecule has 1 aliphatic heterocycles. The Morgan fingerprint density at radius 1 is 1.21 bits per heavy atom. The van der Waals surface area contributed by atoms with Crippen LogP contribution in [0.2, 0.25) is 5.02 Å². The van der Waals surface area contributed by atoms with Gasteiger partial charge in [0.25, 0.3) is 0 Å². The van der Waals surface area contributed by atoms with Crippen molar-refractivity contribution in [2.24, 2.45) is 0 Å². The SMILES string of the molecule is CC[C@@H](C(=O)Nc1ccc2c(c1)OCO2)N(c1cc(Cl)ccc1C)S(C)(=O)=O. The summed E-state index contributed by atoms with van der Waals surface area (Å²) in [6.45, 7) is 3.65. The van der Waals surface area contributed by atoms with Gasteiger partial charge in [0.05, 0.1) is 11.9 Å². The summed E-state index contributed by atoms with van der Waals surface area (Å²) in [5.41, 5.74) is 1.57. The van der Waals surface area contributed by atoms with Crippen LogP contribution in [0.1, 0.15) is 18.9 Å². The summed E-state index contributed by atoms with van der Waals surface area (Å²) in [6.07, 6.45) is 1.35. The highest BCUT2D eigenvalue weighted by atomic mass is 35.5. The number of hydrogen-bond acceptors (Lipinski definition) is 5. The normalized spacial score (nSPS) is 13.9. The Morgan fingerprint density at radius 2 is 1.93 bits per heavy atom. The first kappa shape index (κ1) is 20.3. The zero-order valence-electron chi connectivity index (χ0n) is 15.7. The lowest BCUT2D eigenvalue weighted by molar-refractivity contribution is -0.117. The van der Waals surface area contributed by atoms with Gasteiger partial charge in [-0.2, -0.15) is 0 Å². The summed E-state index contributed by atoms with van der Waals surface area (Å²) in [4.78, 5) is 13.0. The molecule has 0 aromatic heterocycles. The summed E-state index contributed by atoms with van der Waals surface area (Å²) in [6, 6.07) is 9.00. The van der Waals surface area contributed by atoms with Gasteiger partial charge in [-0.05, 0) is 43.2 Å². The van der Waals surface area contributed by atoms with E-state index in [2.05, 4.69) is 5.32 Å². The molecule has 0 aliphatic carbocycles. The van der Waals surface area contributed by atoms with Crippen LogP contribution in [0.3, 0.4) is 0 Å². The number of nitrogens with one attached hydrogen (secondary N) is 1. The van der Waals surface area contributed by atoms with Crippen LogP contribution < -0.4 is 19.1 Å². The maximum Gasteiger partial charge on any atom is 0.248 e. The van der Waals surface area contributed by atoms with Gasteiger partial charge in [-0.3, -0.25) is 9.10 Å². The van der Waals surface area contributed by atoms with Crippen molar-refractivity contribution in [2.45, 2.75) is 26.3 Å². The Bertz CT molecular complexity index is 1010. The topological polar surface area (TPSA) is 84.9 Å². The molecule has 2 aromatic carbocycles. The second kappa shape index (κ2) is 7.89. The highest BCUT2D eigenvalue weighted by Crippen LogP contribution is 2.35. The van der Waals surface area contributed by atoms with Crippen molar-refractivity contribution in [2.75, 3.05) is 22.7 Å². The first-order valence-corrected chi connectivity index (χ1v) is 10.9. The van der Waals surface area contributed by atoms with Crippen molar-refractivity contribution in [3.05, 3.63) is 47.0 Å². The number of anilines is 2. The summed E-state index contributed by atoms with van der Waals surface area (Å²) < 4.78 is 36.8. The van der Waals surface area contributed by atoms with Crippen LogP contribution in [0.25, 0.3) is 0 Å². The molecule has 1 atom stereocenters. The van der Waals surface area contributed by atoms with Crippen LogP contribution in [-0.4, -0.2) is 33.4 Å². The van der Waals surface area contributed by atoms with Crippen molar-refractivity contribution in [3.8, 4) is 11.5 Å². The average Bonchev–Trinajstić information content (AvgIpc) is 3.08. The Balaban J connectivity index is 1.94. The van der Waals surface area contributed by atoms with Gasteiger partial charge in [0.15, 0.2) is 11.5 Å². The minimum absolute atomic E-state index is 0.125. The molecule has 3 rings (SSSR count). The highest BCUT2D eigenvalue weighted by molar-refractivity contribution is 7.92. The van der Waals surface area contributed by atoms with E-state index in [0.29, 0.717) is 33.5 Å². The van der Waals surface area contributed by atoms with E-state index in [1.54, 1.807) is 50.2 Å². The van der Waals surface area contributed by atoms with E-state index >= 15 is 0 Å². The molecule has 0 saturated heterocycles. The van der Waals surface area contributed by atoms with Crippen LogP contribution >= 0.6 is 11.6 Å². The van der Waals surface area contributed by atoms with Crippen molar-refractivity contribution < 1.29 is 22.7 Å². The predicted octanol–water partition coefficient (Wildman–Crippen LogP) is 3.56. The van der Waals surface area contributed by atoms with Gasteiger partial charge >= 0.3 is 0 Å². The Labute approximate surface area is 169 Å². The second-order valence-corrected chi connectivity index (χ2v) is 8.77. The standard InChI is InChI=1S/C19H21ClN2O5S/c1-4-15(19(23)21-14-7-8-17-18(10-14)27-11-26-17)22(28(3,24)25)16-9-13(20)6-5-12(16)2/h5-10,15H,4,11H2,1-3H3,(H,21,23)/t15-/m0/s1. The number of fused-ring (bicyclic) bond motifs is 1. The van der Waals surface area contributed by atoms with E-state index in [1.807, 2.05) is 0 Å². The number of nitrogens with zero attached hydrogens (tertiary/aromatic N) is 1. The fourth-order valence-corrected chi connectivity index (χ4v) is 4.48. The van der Waals surface area contributed by atoms with Gasteiger partial charge in [-0.25, -0.2) is 8.42 Å². The lowest BCUT2D eigenvalue weighted by atomic mass is 10.1. The number of hydrogen-bond donors (Lipinski definition) is 1. The summed E-state index contributed by atoms with van der Waals surface area (Å²) >= 11 is 6.07. The Hall–Kier alpha value is -2.45. The van der Waals surface area contributed by atoms with Gasteiger partial charge in [-0.15, -0.1) is 0 Å². The van der Waals surface area contributed by atoms with Gasteiger partial charge in [0.2, 0.25) is 22.7 Å². The molecule has 7 nitrogen and oxygen atoms in total. The Morgan fingerprint density at radius 3 is 2.61 bits per heavy atom. The third kappa shape index (κ3) is 4.18. The first-order chi connectivity index (χ1) is 13.2. The van der Waals surface area contributed by atoms with E-state index in [4.69, 9.17) is 21.1 Å². The smallest absolute Gasteiger partial charge is 0.248 e. The fraction of sp³-hybridized carbons (Fsp3) is 0.316. The number of benzene rings is 2. The summed E-state index contributed by atoms with van der Waals surface area (Å²) in [7, 11) is -3.75. The highest BCUT2D eigenvalue weighted by Gasteiger charge is 2.32. The van der Waals surface area contributed by atoms with Crippen LogP contribution in [0.4, 0.5) is 11.4 Å². The zero-order valence-corrected chi connectivity index (χ0v) is 17.3. The van der Waals surface area contributed by atoms with Crippen LogP contribution in [0.5, 0.6) is 11.5 Å². The molecule has 28 heavy (non-hydrogen) atoms. The van der Waals surface area contributed by atoms with Crippen LogP contribution in [0, 0.1) is 6.92 Å². The molecule has 0 fully saturated rings.